The minimum absolute atomic E-state index is 0.563. The Kier molecular flexibility index (Phi) is 6.32. The molecular weight excluding hydrogens is 358 g/mol. The molecule has 0 bridgehead atoms. The summed E-state index contributed by atoms with van der Waals surface area (Å²) in [6, 6.07) is -6.11. The van der Waals surface area contributed by atoms with Crippen molar-refractivity contribution < 1.29 is 44.8 Å². The summed E-state index contributed by atoms with van der Waals surface area (Å²) in [5.74, 6) is -13.0. The van der Waals surface area contributed by atoms with E-state index in [0.29, 0.717) is 6.92 Å². The average molecular weight is 376 g/mol. The third kappa shape index (κ3) is 4.14. The van der Waals surface area contributed by atoms with Crippen LogP contribution in [0.25, 0.3) is 0 Å². The number of halogens is 8. The van der Waals surface area contributed by atoms with Gasteiger partial charge in [-0.3, -0.25) is 0 Å². The van der Waals surface area contributed by atoms with Crippen molar-refractivity contribution in [2.24, 2.45) is 0 Å². The number of hydroxylamine groups is 2. The number of rotatable bonds is 8. The van der Waals surface area contributed by atoms with Crippen LogP contribution in [-0.4, -0.2) is 43.4 Å². The van der Waals surface area contributed by atoms with Gasteiger partial charge in [0.2, 0.25) is 0 Å². The van der Waals surface area contributed by atoms with E-state index in [1.165, 1.54) is 19.6 Å². The van der Waals surface area contributed by atoms with Crippen molar-refractivity contribution in [1.29, 1.82) is 0 Å². The van der Waals surface area contributed by atoms with Crippen LogP contribution >= 0.6 is 0 Å². The molecule has 1 atom stereocenters. The van der Waals surface area contributed by atoms with Gasteiger partial charge in [-0.25, -0.2) is 8.78 Å². The second-order valence-corrected chi connectivity index (χ2v) is 10.5. The molecule has 0 aromatic heterocycles. The van der Waals surface area contributed by atoms with E-state index in [0.717, 1.165) is 6.92 Å². The zero-order chi connectivity index (χ0) is 19.1. The van der Waals surface area contributed by atoms with E-state index in [1.54, 1.807) is 0 Å². The van der Waals surface area contributed by atoms with Crippen LogP contribution in [0.2, 0.25) is 19.6 Å². The molecule has 0 heterocycles. The molecule has 0 saturated heterocycles. The standard InChI is InChI=1S/C11H18F8NO2Si/c1-6-8(2,22-23(3,4)5)20(21)11(18,19)10(16,17)9(14,15)7(12)13/h7H,6H2,1-5H3. The summed E-state index contributed by atoms with van der Waals surface area (Å²) in [6.07, 6.45) is -5.64. The van der Waals surface area contributed by atoms with Gasteiger partial charge < -0.3 is 4.43 Å². The molecule has 0 N–H and O–H groups in total. The third-order valence-electron chi connectivity index (χ3n) is 2.94. The van der Waals surface area contributed by atoms with Gasteiger partial charge in [-0.05, 0) is 33.0 Å². The highest BCUT2D eigenvalue weighted by Gasteiger charge is 2.79. The third-order valence-corrected chi connectivity index (χ3v) is 3.99. The molecule has 0 aromatic carbocycles. The lowest BCUT2D eigenvalue weighted by molar-refractivity contribution is -0.472. The first-order chi connectivity index (χ1) is 9.87. The smallest absolute Gasteiger partial charge is 0.398 e. The lowest BCUT2D eigenvalue weighted by Gasteiger charge is -2.44. The minimum Gasteiger partial charge on any atom is -0.398 e. The molecule has 0 aliphatic rings. The first-order valence-corrected chi connectivity index (χ1v) is 9.87. The summed E-state index contributed by atoms with van der Waals surface area (Å²) in [5.41, 5.74) is -2.59. The normalized spacial score (nSPS) is 17.7. The molecule has 0 aliphatic carbocycles. The summed E-state index contributed by atoms with van der Waals surface area (Å²) in [5, 5.41) is 10.1. The predicted octanol–water partition coefficient (Wildman–Crippen LogP) is 4.74. The summed E-state index contributed by atoms with van der Waals surface area (Å²) in [4.78, 5) is 0. The lowest BCUT2D eigenvalue weighted by atomic mass is 10.1. The Morgan fingerprint density at radius 3 is 1.70 bits per heavy atom. The second kappa shape index (κ2) is 6.45. The number of hydrogen-bond acceptors (Lipinski definition) is 2. The minimum atomic E-state index is -6.60. The number of hydrogen-bond donors (Lipinski definition) is 0. The van der Waals surface area contributed by atoms with Gasteiger partial charge in [0.05, 0.1) is 0 Å². The van der Waals surface area contributed by atoms with Crippen molar-refractivity contribution in [2.75, 3.05) is 0 Å². The van der Waals surface area contributed by atoms with Crippen LogP contribution in [0.1, 0.15) is 20.3 Å². The molecule has 0 saturated carbocycles. The Labute approximate surface area is 129 Å². The molecule has 3 nitrogen and oxygen atoms in total. The van der Waals surface area contributed by atoms with Crippen molar-refractivity contribution in [1.82, 2.24) is 5.06 Å². The van der Waals surface area contributed by atoms with E-state index < -0.39 is 49.8 Å². The lowest BCUT2D eigenvalue weighted by Crippen LogP contribution is -2.68. The van der Waals surface area contributed by atoms with E-state index in [2.05, 4.69) is 0 Å². The highest BCUT2D eigenvalue weighted by Crippen LogP contribution is 2.51. The van der Waals surface area contributed by atoms with Crippen LogP contribution in [0.3, 0.4) is 0 Å². The van der Waals surface area contributed by atoms with Crippen LogP contribution in [0, 0.1) is 0 Å². The van der Waals surface area contributed by atoms with Gasteiger partial charge >= 0.3 is 24.3 Å². The Hall–Kier alpha value is -0.463. The molecule has 0 aromatic rings. The Morgan fingerprint density at radius 1 is 1.04 bits per heavy atom. The van der Waals surface area contributed by atoms with E-state index in [4.69, 9.17) is 4.43 Å². The quantitative estimate of drug-likeness (QED) is 0.202. The topological polar surface area (TPSA) is 32.4 Å². The number of alkyl halides is 8. The van der Waals surface area contributed by atoms with Crippen molar-refractivity contribution >= 4 is 8.32 Å². The predicted molar refractivity (Wildman–Crippen MR) is 66.5 cm³/mol. The molecule has 12 heteroatoms. The van der Waals surface area contributed by atoms with Gasteiger partial charge in [0.25, 0.3) is 0 Å². The maximum absolute atomic E-state index is 13.7. The molecule has 139 valence electrons. The van der Waals surface area contributed by atoms with E-state index in [-0.39, 0.29) is 0 Å². The number of nitrogens with zero attached hydrogens (tertiary/aromatic N) is 1. The Bertz CT molecular complexity index is 415. The zero-order valence-electron chi connectivity index (χ0n) is 13.1. The molecule has 23 heavy (non-hydrogen) atoms. The van der Waals surface area contributed by atoms with Gasteiger partial charge in [0.1, 0.15) is 5.72 Å². The first kappa shape index (κ1) is 22.5. The Balaban J connectivity index is 5.89. The highest BCUT2D eigenvalue weighted by atomic mass is 28.4. The maximum atomic E-state index is 13.7. The average Bonchev–Trinajstić information content (AvgIpc) is 2.34. The molecule has 0 spiro atoms. The molecule has 0 fully saturated rings. The maximum Gasteiger partial charge on any atom is 0.400 e. The summed E-state index contributed by atoms with van der Waals surface area (Å²) in [7, 11) is -2.74. The van der Waals surface area contributed by atoms with Gasteiger partial charge in [-0.15, -0.1) is 5.21 Å². The van der Waals surface area contributed by atoms with Gasteiger partial charge in [0, 0.05) is 0 Å². The second-order valence-electron chi connectivity index (χ2n) is 6.08. The van der Waals surface area contributed by atoms with Crippen LogP contribution in [-0.2, 0) is 9.63 Å². The van der Waals surface area contributed by atoms with Gasteiger partial charge in [-0.1, -0.05) is 12.0 Å². The molecular formula is C11H18F8NO2Si. The molecule has 1 radical (unpaired) electrons. The highest BCUT2D eigenvalue weighted by molar-refractivity contribution is 6.69. The molecule has 1 unspecified atom stereocenters. The van der Waals surface area contributed by atoms with E-state index >= 15 is 0 Å². The van der Waals surface area contributed by atoms with Gasteiger partial charge in [-0.2, -0.15) is 26.3 Å². The fourth-order valence-electron chi connectivity index (χ4n) is 1.68. The summed E-state index contributed by atoms with van der Waals surface area (Å²) in [6.45, 7) is 6.17. The van der Waals surface area contributed by atoms with Gasteiger partial charge in [0.15, 0.2) is 8.32 Å². The fraction of sp³-hybridized carbons (Fsp3) is 1.00. The largest absolute Gasteiger partial charge is 0.400 e. The van der Waals surface area contributed by atoms with Crippen molar-refractivity contribution in [3.63, 3.8) is 0 Å². The molecule has 0 rings (SSSR count). The molecule has 0 amide bonds. The Morgan fingerprint density at radius 2 is 1.43 bits per heavy atom. The monoisotopic (exact) mass is 376 g/mol. The van der Waals surface area contributed by atoms with E-state index in [1.807, 2.05) is 0 Å². The van der Waals surface area contributed by atoms with Crippen LogP contribution in [0.15, 0.2) is 0 Å². The van der Waals surface area contributed by atoms with Crippen LogP contribution < -0.4 is 0 Å². The fourth-order valence-corrected chi connectivity index (χ4v) is 3.23. The SMILES string of the molecule is CCC(C)(O[Si](C)(C)C)N([O])C(F)(F)C(F)(F)C(F)(F)C(F)F. The molecule has 0 aliphatic heterocycles. The van der Waals surface area contributed by atoms with Crippen molar-refractivity contribution in [3.05, 3.63) is 0 Å². The van der Waals surface area contributed by atoms with Crippen molar-refractivity contribution in [3.8, 4) is 0 Å². The van der Waals surface area contributed by atoms with Crippen molar-refractivity contribution in [2.45, 2.75) is 70.0 Å². The summed E-state index contributed by atoms with van der Waals surface area (Å²) < 4.78 is 109. The van der Waals surface area contributed by atoms with E-state index in [9.17, 15) is 40.3 Å². The van der Waals surface area contributed by atoms with Crippen LogP contribution in [0.5, 0.6) is 0 Å². The summed E-state index contributed by atoms with van der Waals surface area (Å²) >= 11 is 0. The van der Waals surface area contributed by atoms with Crippen LogP contribution in [0.4, 0.5) is 35.1 Å². The zero-order valence-corrected chi connectivity index (χ0v) is 14.1. The first-order valence-electron chi connectivity index (χ1n) is 6.46.